The molecule has 0 unspecified atom stereocenters. The zero-order valence-corrected chi connectivity index (χ0v) is 20.2. The van der Waals surface area contributed by atoms with Crippen LogP contribution in [0.15, 0.2) is 105 Å². The molecule has 4 aliphatic carbocycles. The second kappa shape index (κ2) is 7.03. The molecule has 170 valence electrons. The SMILES string of the molecule is CC(C)=C1[C@H]2C=C[C@@H]1C1=C2[C@@H]2C[C@H]1[C@@H](S(=O)(=O)c1ccccc1)[C@H]2S(=O)(=O)c1ccccc1. The lowest BCUT2D eigenvalue weighted by molar-refractivity contribution is 0.522. The van der Waals surface area contributed by atoms with Crippen molar-refractivity contribution < 1.29 is 16.8 Å². The highest BCUT2D eigenvalue weighted by Crippen LogP contribution is 2.66. The molecule has 0 N–H and O–H groups in total. The number of fused-ring (bicyclic) bond motifs is 8. The van der Waals surface area contributed by atoms with Crippen molar-refractivity contribution in [2.75, 3.05) is 0 Å². The van der Waals surface area contributed by atoms with Crippen LogP contribution in [0.2, 0.25) is 0 Å². The molecule has 0 aromatic heterocycles. The van der Waals surface area contributed by atoms with Gasteiger partial charge in [0.05, 0.1) is 20.3 Å². The van der Waals surface area contributed by atoms with Crippen LogP contribution < -0.4 is 0 Å². The summed E-state index contributed by atoms with van der Waals surface area (Å²) in [6.07, 6.45) is 4.99. The van der Waals surface area contributed by atoms with E-state index in [0.717, 1.165) is 0 Å². The van der Waals surface area contributed by atoms with Crippen LogP contribution in [0.4, 0.5) is 0 Å². The van der Waals surface area contributed by atoms with Crippen molar-refractivity contribution in [2.45, 2.75) is 40.6 Å². The Bertz CT molecular complexity index is 1340. The predicted molar refractivity (Wildman–Crippen MR) is 128 cm³/mol. The van der Waals surface area contributed by atoms with E-state index in [4.69, 9.17) is 0 Å². The molecule has 0 aliphatic heterocycles. The van der Waals surface area contributed by atoms with Crippen molar-refractivity contribution in [1.29, 1.82) is 0 Å². The van der Waals surface area contributed by atoms with Gasteiger partial charge in [-0.1, -0.05) is 65.3 Å². The van der Waals surface area contributed by atoms with Gasteiger partial charge in [0.25, 0.3) is 0 Å². The quantitative estimate of drug-likeness (QED) is 0.469. The minimum absolute atomic E-state index is 0.124. The van der Waals surface area contributed by atoms with Crippen LogP contribution >= 0.6 is 0 Å². The van der Waals surface area contributed by atoms with E-state index in [2.05, 4.69) is 26.0 Å². The smallest absolute Gasteiger partial charge is 0.183 e. The number of benzene rings is 2. The van der Waals surface area contributed by atoms with E-state index < -0.39 is 30.2 Å². The van der Waals surface area contributed by atoms with E-state index in [1.165, 1.54) is 22.3 Å². The molecule has 2 aromatic carbocycles. The Kier molecular flexibility index (Phi) is 4.50. The molecule has 0 heterocycles. The van der Waals surface area contributed by atoms with Crippen molar-refractivity contribution in [3.8, 4) is 0 Å². The van der Waals surface area contributed by atoms with Gasteiger partial charge in [-0.05, 0) is 50.1 Å². The average Bonchev–Trinajstić information content (AvgIpc) is 3.57. The number of hydrogen-bond acceptors (Lipinski definition) is 4. The summed E-state index contributed by atoms with van der Waals surface area (Å²) in [5, 5.41) is -1.94. The second-order valence-electron chi connectivity index (χ2n) is 9.80. The maximum absolute atomic E-state index is 14.0. The topological polar surface area (TPSA) is 68.3 Å². The van der Waals surface area contributed by atoms with Gasteiger partial charge in [0.1, 0.15) is 0 Å². The van der Waals surface area contributed by atoms with Crippen LogP contribution in [0.5, 0.6) is 0 Å². The molecule has 1 fully saturated rings. The lowest BCUT2D eigenvalue weighted by atomic mass is 9.85. The van der Waals surface area contributed by atoms with E-state index in [-0.39, 0.29) is 33.5 Å². The number of allylic oxidation sites excluding steroid dienone is 6. The monoisotopic (exact) mass is 478 g/mol. The van der Waals surface area contributed by atoms with Crippen LogP contribution in [0.1, 0.15) is 20.3 Å². The summed E-state index contributed by atoms with van der Waals surface area (Å²) in [6.45, 7) is 4.20. The predicted octanol–water partition coefficient (Wildman–Crippen LogP) is 4.77. The van der Waals surface area contributed by atoms with Crippen molar-refractivity contribution in [3.63, 3.8) is 0 Å². The lowest BCUT2D eigenvalue weighted by Crippen LogP contribution is -2.45. The Morgan fingerprint density at radius 2 is 1.06 bits per heavy atom. The van der Waals surface area contributed by atoms with Crippen molar-refractivity contribution >= 4 is 19.7 Å². The maximum Gasteiger partial charge on any atom is 0.183 e. The summed E-state index contributed by atoms with van der Waals surface area (Å²) >= 11 is 0. The van der Waals surface area contributed by atoms with Gasteiger partial charge in [0.2, 0.25) is 0 Å². The molecular formula is C27H26O4S2. The molecular weight excluding hydrogens is 452 g/mol. The zero-order valence-electron chi connectivity index (χ0n) is 18.5. The molecule has 4 bridgehead atoms. The van der Waals surface area contributed by atoms with E-state index in [1.54, 1.807) is 60.7 Å². The summed E-state index contributed by atoms with van der Waals surface area (Å²) in [5.74, 6) is -0.293. The first-order valence-electron chi connectivity index (χ1n) is 11.4. The number of sulfone groups is 2. The molecule has 1 saturated carbocycles. The average molecular weight is 479 g/mol. The van der Waals surface area contributed by atoms with Gasteiger partial charge in [-0.25, -0.2) is 16.8 Å². The van der Waals surface area contributed by atoms with Crippen LogP contribution in [0.3, 0.4) is 0 Å². The van der Waals surface area contributed by atoms with E-state index in [1.807, 2.05) is 0 Å². The van der Waals surface area contributed by atoms with Crippen molar-refractivity contribution in [1.82, 2.24) is 0 Å². The highest BCUT2D eigenvalue weighted by atomic mass is 32.2. The maximum atomic E-state index is 14.0. The van der Waals surface area contributed by atoms with Crippen LogP contribution in [0.25, 0.3) is 0 Å². The van der Waals surface area contributed by atoms with Gasteiger partial charge in [0, 0.05) is 23.7 Å². The summed E-state index contributed by atoms with van der Waals surface area (Å²) < 4.78 is 56.0. The number of hydrogen-bond donors (Lipinski definition) is 0. The first kappa shape index (κ1) is 21.1. The zero-order chi connectivity index (χ0) is 23.1. The third-order valence-electron chi connectivity index (χ3n) is 8.03. The molecule has 6 heteroatoms. The summed E-state index contributed by atoms with van der Waals surface area (Å²) in [5.41, 5.74) is 4.94. The van der Waals surface area contributed by atoms with Crippen LogP contribution in [-0.2, 0) is 19.7 Å². The Labute approximate surface area is 195 Å². The second-order valence-corrected chi connectivity index (χ2v) is 14.0. The molecule has 0 saturated heterocycles. The molecule has 0 amide bonds. The molecule has 6 atom stereocenters. The molecule has 0 radical (unpaired) electrons. The van der Waals surface area contributed by atoms with Gasteiger partial charge < -0.3 is 0 Å². The molecule has 4 aliphatic rings. The Morgan fingerprint density at radius 1 is 0.667 bits per heavy atom. The number of rotatable bonds is 4. The first-order chi connectivity index (χ1) is 15.7. The third kappa shape index (κ3) is 2.74. The molecule has 33 heavy (non-hydrogen) atoms. The normalized spacial score (nSPS) is 32.0. The minimum Gasteiger partial charge on any atom is -0.223 e. The molecule has 2 aromatic rings. The van der Waals surface area contributed by atoms with Gasteiger partial charge >= 0.3 is 0 Å². The highest BCUT2D eigenvalue weighted by Gasteiger charge is 2.66. The highest BCUT2D eigenvalue weighted by molar-refractivity contribution is 7.96. The summed E-state index contributed by atoms with van der Waals surface area (Å²) in [7, 11) is -7.71. The minimum atomic E-state index is -3.86. The standard InChI is InChI=1S/C27H26O4S2/c1-16(2)23-19-13-14-20(23)25-22-15-21(24(19)25)26(32(28,29)17-9-5-3-6-10-17)27(22)33(30,31)18-11-7-4-8-12-18/h3-14,19-22,26-27H,15H2,1-2H3/t19-,20+,21+,22-,26+,27-. The van der Waals surface area contributed by atoms with Gasteiger partial charge in [-0.15, -0.1) is 0 Å². The molecule has 4 nitrogen and oxygen atoms in total. The largest absolute Gasteiger partial charge is 0.223 e. The van der Waals surface area contributed by atoms with E-state index in [0.29, 0.717) is 6.42 Å². The van der Waals surface area contributed by atoms with Crippen LogP contribution in [-0.4, -0.2) is 27.3 Å². The molecule has 0 spiro atoms. The fraction of sp³-hybridized carbons (Fsp3) is 0.333. The van der Waals surface area contributed by atoms with E-state index in [9.17, 15) is 16.8 Å². The summed E-state index contributed by atoms with van der Waals surface area (Å²) in [6, 6.07) is 16.7. The third-order valence-corrected chi connectivity index (χ3v) is 12.7. The Hall–Kier alpha value is -2.44. The van der Waals surface area contributed by atoms with Crippen LogP contribution in [0, 0.1) is 23.7 Å². The van der Waals surface area contributed by atoms with Crippen molar-refractivity contribution in [3.05, 3.63) is 95.1 Å². The Morgan fingerprint density at radius 3 is 1.42 bits per heavy atom. The van der Waals surface area contributed by atoms with Gasteiger partial charge in [0.15, 0.2) is 19.7 Å². The molecule has 6 rings (SSSR count). The van der Waals surface area contributed by atoms with E-state index >= 15 is 0 Å². The first-order valence-corrected chi connectivity index (χ1v) is 14.5. The fourth-order valence-corrected chi connectivity index (χ4v) is 12.0. The van der Waals surface area contributed by atoms with Gasteiger partial charge in [-0.3, -0.25) is 0 Å². The van der Waals surface area contributed by atoms with Crippen molar-refractivity contribution in [2.24, 2.45) is 23.7 Å². The summed E-state index contributed by atoms with van der Waals surface area (Å²) in [4.78, 5) is 0.415. The van der Waals surface area contributed by atoms with Gasteiger partial charge in [-0.2, -0.15) is 0 Å². The lowest BCUT2D eigenvalue weighted by Gasteiger charge is -2.34. The Balaban J connectivity index is 1.56. The fourth-order valence-electron chi connectivity index (χ4n) is 6.96.